The van der Waals surface area contributed by atoms with Gasteiger partial charge < -0.3 is 14.6 Å². The Kier molecular flexibility index (Phi) is 6.99. The molecule has 31 heavy (non-hydrogen) atoms. The van der Waals surface area contributed by atoms with Crippen LogP contribution in [0.15, 0.2) is 76.2 Å². The molecule has 4 rings (SSSR count). The predicted octanol–water partition coefficient (Wildman–Crippen LogP) is 5.26. The van der Waals surface area contributed by atoms with Gasteiger partial charge in [-0.15, -0.1) is 11.8 Å². The molecule has 2 amide bonds. The predicted molar refractivity (Wildman–Crippen MR) is 123 cm³/mol. The highest BCUT2D eigenvalue weighted by atomic mass is 35.5. The number of thioether (sulfide) groups is 1. The number of benzene rings is 2. The third kappa shape index (κ3) is 5.71. The van der Waals surface area contributed by atoms with Crippen LogP contribution in [-0.2, 0) is 5.75 Å². The molecule has 1 N–H and O–H groups in total. The number of halogens is 1. The van der Waals surface area contributed by atoms with Crippen molar-refractivity contribution in [2.45, 2.75) is 29.5 Å². The van der Waals surface area contributed by atoms with Crippen LogP contribution in [0.25, 0.3) is 0 Å². The molecule has 3 aromatic rings. The van der Waals surface area contributed by atoms with E-state index in [1.54, 1.807) is 28.8 Å². The van der Waals surface area contributed by atoms with Crippen LogP contribution in [0.5, 0.6) is 0 Å². The fourth-order valence-corrected chi connectivity index (χ4v) is 4.48. The molecule has 2 aromatic carbocycles. The Labute approximate surface area is 190 Å². The van der Waals surface area contributed by atoms with Crippen molar-refractivity contribution >= 4 is 35.2 Å². The van der Waals surface area contributed by atoms with E-state index in [2.05, 4.69) is 5.32 Å². The first-order valence-corrected chi connectivity index (χ1v) is 11.6. The number of carbonyl (C=O) groups is 2. The van der Waals surface area contributed by atoms with Crippen LogP contribution in [0.2, 0.25) is 5.02 Å². The second kappa shape index (κ2) is 10.1. The number of rotatable bonds is 6. The molecule has 0 bridgehead atoms. The maximum atomic E-state index is 12.6. The van der Waals surface area contributed by atoms with Crippen LogP contribution in [-0.4, -0.2) is 35.8 Å². The number of nitrogens with zero attached hydrogens (tertiary/aromatic N) is 1. The van der Waals surface area contributed by atoms with E-state index in [4.69, 9.17) is 16.0 Å². The number of hydrogen-bond acceptors (Lipinski definition) is 4. The molecule has 0 spiro atoms. The van der Waals surface area contributed by atoms with Crippen molar-refractivity contribution < 1.29 is 14.0 Å². The molecule has 7 heteroatoms. The van der Waals surface area contributed by atoms with E-state index < -0.39 is 0 Å². The smallest absolute Gasteiger partial charge is 0.289 e. The molecule has 0 saturated carbocycles. The van der Waals surface area contributed by atoms with Gasteiger partial charge in [0, 0.05) is 40.4 Å². The highest BCUT2D eigenvalue weighted by molar-refractivity contribution is 7.98. The van der Waals surface area contributed by atoms with E-state index in [-0.39, 0.29) is 17.9 Å². The van der Waals surface area contributed by atoms with Gasteiger partial charge in [-0.1, -0.05) is 23.7 Å². The van der Waals surface area contributed by atoms with Crippen molar-refractivity contribution in [1.29, 1.82) is 0 Å². The first-order valence-electron chi connectivity index (χ1n) is 10.2. The minimum Gasteiger partial charge on any atom is -0.459 e. The number of likely N-dealkylation sites (tertiary alicyclic amines) is 1. The zero-order valence-electron chi connectivity index (χ0n) is 16.9. The zero-order valence-corrected chi connectivity index (χ0v) is 18.5. The van der Waals surface area contributed by atoms with Gasteiger partial charge in [-0.2, -0.15) is 0 Å². The van der Waals surface area contributed by atoms with Crippen LogP contribution in [0.3, 0.4) is 0 Å². The second-order valence-electron chi connectivity index (χ2n) is 7.46. The Morgan fingerprint density at radius 3 is 2.39 bits per heavy atom. The average molecular weight is 455 g/mol. The maximum absolute atomic E-state index is 12.6. The molecule has 0 atom stereocenters. The summed E-state index contributed by atoms with van der Waals surface area (Å²) in [6.07, 6.45) is 2.96. The largest absolute Gasteiger partial charge is 0.459 e. The van der Waals surface area contributed by atoms with Crippen LogP contribution in [0.4, 0.5) is 0 Å². The number of nitrogens with one attached hydrogen (secondary N) is 1. The quantitative estimate of drug-likeness (QED) is 0.516. The van der Waals surface area contributed by atoms with E-state index in [9.17, 15) is 9.59 Å². The molecule has 2 heterocycles. The van der Waals surface area contributed by atoms with Gasteiger partial charge in [0.05, 0.1) is 6.26 Å². The molecule has 1 aliphatic rings. The molecule has 0 radical (unpaired) electrons. The number of furan rings is 1. The average Bonchev–Trinajstić information content (AvgIpc) is 3.34. The fraction of sp³-hybridized carbons (Fsp3) is 0.250. The first-order chi connectivity index (χ1) is 15.1. The highest BCUT2D eigenvalue weighted by Crippen LogP contribution is 2.24. The SMILES string of the molecule is O=C(NC1CCN(C(=O)c2ccco2)CC1)c1ccc(CSc2ccc(Cl)cc2)cc1. The lowest BCUT2D eigenvalue weighted by Gasteiger charge is -2.31. The van der Waals surface area contributed by atoms with Crippen LogP contribution in [0.1, 0.15) is 39.3 Å². The summed E-state index contributed by atoms with van der Waals surface area (Å²) in [6.45, 7) is 1.21. The van der Waals surface area contributed by atoms with E-state index in [1.165, 1.54) is 6.26 Å². The summed E-state index contributed by atoms with van der Waals surface area (Å²) in [5, 5.41) is 3.82. The molecule has 160 valence electrons. The van der Waals surface area contributed by atoms with Gasteiger partial charge in [0.2, 0.25) is 0 Å². The van der Waals surface area contributed by atoms with Crippen molar-refractivity contribution in [2.75, 3.05) is 13.1 Å². The summed E-state index contributed by atoms with van der Waals surface area (Å²) in [7, 11) is 0. The topological polar surface area (TPSA) is 62.6 Å². The molecule has 0 aliphatic carbocycles. The molecule has 1 saturated heterocycles. The Hall–Kier alpha value is -2.70. The van der Waals surface area contributed by atoms with Crippen molar-refractivity contribution in [1.82, 2.24) is 10.2 Å². The van der Waals surface area contributed by atoms with Crippen LogP contribution >= 0.6 is 23.4 Å². The summed E-state index contributed by atoms with van der Waals surface area (Å²) >= 11 is 7.65. The number of hydrogen-bond donors (Lipinski definition) is 1. The van der Waals surface area contributed by atoms with Gasteiger partial charge in [-0.05, 0) is 66.9 Å². The summed E-state index contributed by atoms with van der Waals surface area (Å²) in [4.78, 5) is 27.9. The normalized spacial score (nSPS) is 14.4. The lowest BCUT2D eigenvalue weighted by atomic mass is 10.0. The number of carbonyl (C=O) groups excluding carboxylic acids is 2. The van der Waals surface area contributed by atoms with Gasteiger partial charge in [0.1, 0.15) is 0 Å². The summed E-state index contributed by atoms with van der Waals surface area (Å²) in [6, 6.07) is 18.9. The lowest BCUT2D eigenvalue weighted by Crippen LogP contribution is -2.46. The maximum Gasteiger partial charge on any atom is 0.289 e. The third-order valence-corrected chi connectivity index (χ3v) is 6.62. The van der Waals surface area contributed by atoms with Gasteiger partial charge in [-0.25, -0.2) is 0 Å². The molecule has 0 unspecified atom stereocenters. The summed E-state index contributed by atoms with van der Waals surface area (Å²) < 4.78 is 5.19. The van der Waals surface area contributed by atoms with E-state index >= 15 is 0 Å². The van der Waals surface area contributed by atoms with Crippen molar-refractivity contribution in [3.63, 3.8) is 0 Å². The molecular weight excluding hydrogens is 432 g/mol. The fourth-order valence-electron chi connectivity index (χ4n) is 3.50. The monoisotopic (exact) mass is 454 g/mol. The van der Waals surface area contributed by atoms with E-state index in [1.807, 2.05) is 48.5 Å². The lowest BCUT2D eigenvalue weighted by molar-refractivity contribution is 0.0667. The zero-order chi connectivity index (χ0) is 21.6. The number of amides is 2. The summed E-state index contributed by atoms with van der Waals surface area (Å²) in [5.41, 5.74) is 1.80. The minimum atomic E-state index is -0.0955. The van der Waals surface area contributed by atoms with Gasteiger partial charge in [-0.3, -0.25) is 9.59 Å². The summed E-state index contributed by atoms with van der Waals surface area (Å²) in [5.74, 6) is 1.01. The van der Waals surface area contributed by atoms with Gasteiger partial charge >= 0.3 is 0 Å². The van der Waals surface area contributed by atoms with E-state index in [0.717, 1.165) is 34.1 Å². The first kappa shape index (κ1) is 21.5. The van der Waals surface area contributed by atoms with Crippen molar-refractivity contribution in [2.24, 2.45) is 0 Å². The Balaban J connectivity index is 1.24. The Morgan fingerprint density at radius 1 is 1.03 bits per heavy atom. The second-order valence-corrected chi connectivity index (χ2v) is 8.94. The standard InChI is InChI=1S/C24H23ClN2O3S/c25-19-7-9-21(10-8-19)31-16-17-3-5-18(6-4-17)23(28)26-20-11-13-27(14-12-20)24(29)22-2-1-15-30-22/h1-10,15,20H,11-14,16H2,(H,26,28). The Morgan fingerprint density at radius 2 is 1.74 bits per heavy atom. The molecule has 1 fully saturated rings. The molecule has 5 nitrogen and oxygen atoms in total. The number of piperidine rings is 1. The van der Waals surface area contributed by atoms with Crippen molar-refractivity contribution in [3.8, 4) is 0 Å². The van der Waals surface area contributed by atoms with Gasteiger partial charge in [0.15, 0.2) is 5.76 Å². The highest BCUT2D eigenvalue weighted by Gasteiger charge is 2.26. The van der Waals surface area contributed by atoms with Gasteiger partial charge in [0.25, 0.3) is 11.8 Å². The Bertz CT molecular complexity index is 1010. The minimum absolute atomic E-state index is 0.0632. The van der Waals surface area contributed by atoms with Crippen LogP contribution in [0, 0.1) is 0 Å². The van der Waals surface area contributed by atoms with E-state index in [0.29, 0.717) is 24.4 Å². The molecular formula is C24H23ClN2O3S. The van der Waals surface area contributed by atoms with Crippen molar-refractivity contribution in [3.05, 3.63) is 88.8 Å². The third-order valence-electron chi connectivity index (χ3n) is 5.28. The van der Waals surface area contributed by atoms with Crippen LogP contribution < -0.4 is 5.32 Å². The molecule has 1 aromatic heterocycles. The molecule has 1 aliphatic heterocycles.